The van der Waals surface area contributed by atoms with Gasteiger partial charge in [0.25, 0.3) is 8.32 Å². The number of rotatable bonds is 10. The first-order valence-corrected chi connectivity index (χ1v) is 15.4. The minimum Gasteiger partial charge on any atom is -0.424 e. The van der Waals surface area contributed by atoms with Crippen molar-refractivity contribution in [3.63, 3.8) is 0 Å². The molecule has 2 nitrogen and oxygen atoms in total. The molecule has 1 saturated carbocycles. The molecule has 0 spiro atoms. The molecule has 0 aliphatic heterocycles. The first kappa shape index (κ1) is 27.6. The summed E-state index contributed by atoms with van der Waals surface area (Å²) in [5.41, 5.74) is 2.95. The number of hydrogen-bond acceptors (Lipinski definition) is 2. The van der Waals surface area contributed by atoms with Gasteiger partial charge in [-0.2, -0.15) is 0 Å². The van der Waals surface area contributed by atoms with E-state index < -0.39 is 8.32 Å². The number of hydrogen-bond donors (Lipinski definition) is 1. The van der Waals surface area contributed by atoms with Crippen LogP contribution >= 0.6 is 0 Å². The second kappa shape index (κ2) is 11.0. The van der Waals surface area contributed by atoms with Crippen LogP contribution in [-0.2, 0) is 4.79 Å². The third-order valence-corrected chi connectivity index (χ3v) is 13.6. The molecule has 190 valence electrons. The van der Waals surface area contributed by atoms with Crippen LogP contribution in [0.5, 0.6) is 0 Å². The van der Waals surface area contributed by atoms with Crippen LogP contribution in [0.25, 0.3) is 0 Å². The van der Waals surface area contributed by atoms with Crippen LogP contribution < -0.4 is 10.4 Å². The van der Waals surface area contributed by atoms with Gasteiger partial charge < -0.3 is 9.59 Å². The Hall–Kier alpha value is -1.97. The predicted molar refractivity (Wildman–Crippen MR) is 152 cm³/mol. The molecule has 2 aromatic rings. The Morgan fingerprint density at radius 1 is 1.06 bits per heavy atom. The van der Waals surface area contributed by atoms with Gasteiger partial charge in [0.2, 0.25) is 0 Å². The number of carbonyl (C=O) groups is 1. The van der Waals surface area contributed by atoms with E-state index in [9.17, 15) is 9.59 Å². The summed E-state index contributed by atoms with van der Waals surface area (Å²) in [7, 11) is -3.01. The Bertz CT molecular complexity index is 965. The molecule has 35 heavy (non-hydrogen) atoms. The van der Waals surface area contributed by atoms with Crippen LogP contribution in [0.1, 0.15) is 80.6 Å². The van der Waals surface area contributed by atoms with Crippen molar-refractivity contribution in [3.05, 3.63) is 71.8 Å². The molecular formula is C32H46O2Si. The summed E-state index contributed by atoms with van der Waals surface area (Å²) >= 11 is 0. The number of carbonyl (C=O) groups excluding carboxylic acids is 1. The minimum absolute atomic E-state index is 0.0216. The summed E-state index contributed by atoms with van der Waals surface area (Å²) in [6.45, 7) is 16.0. The Kier molecular flexibility index (Phi) is 8.65. The molecule has 0 aromatic heterocycles. The van der Waals surface area contributed by atoms with Gasteiger partial charge in [-0.1, -0.05) is 113 Å². The Morgan fingerprint density at radius 3 is 2.00 bits per heavy atom. The molecule has 0 saturated heterocycles. The zero-order valence-electron chi connectivity index (χ0n) is 23.0. The predicted octanol–water partition coefficient (Wildman–Crippen LogP) is 6.91. The van der Waals surface area contributed by atoms with Crippen molar-refractivity contribution in [2.75, 3.05) is 0 Å². The fourth-order valence-electron chi connectivity index (χ4n) is 6.54. The van der Waals surface area contributed by atoms with Crippen molar-refractivity contribution in [1.29, 1.82) is 0 Å². The maximum Gasteiger partial charge on any atom is 0.258 e. The summed E-state index contributed by atoms with van der Waals surface area (Å²) in [6, 6.07) is 20.7. The van der Waals surface area contributed by atoms with E-state index in [1.165, 1.54) is 17.4 Å². The normalized spacial score (nSPS) is 20.7. The maximum atomic E-state index is 12.6. The zero-order valence-corrected chi connectivity index (χ0v) is 24.0. The minimum atomic E-state index is -3.01. The van der Waals surface area contributed by atoms with E-state index in [0.717, 1.165) is 42.5 Å². The highest BCUT2D eigenvalue weighted by molar-refractivity contribution is 6.98. The van der Waals surface area contributed by atoms with Gasteiger partial charge >= 0.3 is 0 Å². The standard InChI is InChI=1S/C32H46O2Si/c1-24(2)26(19-18-25(3)30-21-20-27(23-33)32(30,6)7)22-31(4,5)35(34,28-14-10-8-11-15-28)29-16-12-9-13-17-29/h8-17,23-24,26-27,34H,18-22H2,1-7H3/b30-25+/t26-,27-/m0/s1. The van der Waals surface area contributed by atoms with Crippen molar-refractivity contribution in [1.82, 2.24) is 0 Å². The molecule has 1 aliphatic rings. The molecule has 0 amide bonds. The largest absolute Gasteiger partial charge is 0.424 e. The van der Waals surface area contributed by atoms with E-state index in [1.807, 2.05) is 12.1 Å². The van der Waals surface area contributed by atoms with E-state index in [2.05, 4.69) is 97.0 Å². The number of aldehydes is 1. The van der Waals surface area contributed by atoms with Gasteiger partial charge in [-0.15, -0.1) is 0 Å². The van der Waals surface area contributed by atoms with Gasteiger partial charge in [0.15, 0.2) is 0 Å². The lowest BCUT2D eigenvalue weighted by atomic mass is 9.76. The van der Waals surface area contributed by atoms with Gasteiger partial charge in [-0.3, -0.25) is 0 Å². The molecule has 2 aromatic carbocycles. The quantitative estimate of drug-likeness (QED) is 0.223. The second-order valence-corrected chi connectivity index (χ2v) is 16.3. The van der Waals surface area contributed by atoms with E-state index in [-0.39, 0.29) is 16.4 Å². The van der Waals surface area contributed by atoms with Crippen molar-refractivity contribution in [2.24, 2.45) is 23.2 Å². The summed E-state index contributed by atoms with van der Waals surface area (Å²) in [5.74, 6) is 1.19. The molecule has 3 rings (SSSR count). The van der Waals surface area contributed by atoms with Crippen LogP contribution in [0, 0.1) is 23.2 Å². The Labute approximate surface area is 215 Å². The summed E-state index contributed by atoms with van der Waals surface area (Å²) in [4.78, 5) is 24.2. The highest BCUT2D eigenvalue weighted by Gasteiger charge is 2.50. The van der Waals surface area contributed by atoms with Crippen LogP contribution in [0.15, 0.2) is 71.8 Å². The topological polar surface area (TPSA) is 37.3 Å². The van der Waals surface area contributed by atoms with Crippen LogP contribution in [-0.4, -0.2) is 19.4 Å². The van der Waals surface area contributed by atoms with Gasteiger partial charge in [0.05, 0.1) is 0 Å². The lowest BCUT2D eigenvalue weighted by Gasteiger charge is -2.44. The molecule has 1 N–H and O–H groups in total. The van der Waals surface area contributed by atoms with Crippen molar-refractivity contribution >= 4 is 25.0 Å². The molecule has 2 atom stereocenters. The SMILES string of the molecule is C/C(CC[C@@H](CC(C)(C)[Si](O)(c1ccccc1)c1ccccc1)C(C)C)=C1/CC[C@@H](C=O)C1(C)C. The van der Waals surface area contributed by atoms with E-state index in [4.69, 9.17) is 0 Å². The van der Waals surface area contributed by atoms with E-state index in [1.54, 1.807) is 0 Å². The molecule has 3 heteroatoms. The third kappa shape index (κ3) is 5.57. The molecule has 0 bridgehead atoms. The van der Waals surface area contributed by atoms with Gasteiger partial charge in [0, 0.05) is 5.92 Å². The van der Waals surface area contributed by atoms with Gasteiger partial charge in [-0.05, 0) is 71.7 Å². The fraction of sp³-hybridized carbons (Fsp3) is 0.531. The van der Waals surface area contributed by atoms with Crippen LogP contribution in [0.2, 0.25) is 5.04 Å². The average molecular weight is 491 g/mol. The average Bonchev–Trinajstić information content (AvgIpc) is 3.15. The van der Waals surface area contributed by atoms with E-state index in [0.29, 0.717) is 11.8 Å². The van der Waals surface area contributed by atoms with Gasteiger partial charge in [-0.25, -0.2) is 0 Å². The Morgan fingerprint density at radius 2 is 1.57 bits per heavy atom. The smallest absolute Gasteiger partial charge is 0.258 e. The number of allylic oxidation sites excluding steroid dienone is 2. The molecule has 1 fully saturated rings. The Balaban J connectivity index is 1.88. The fourth-order valence-corrected chi connectivity index (χ4v) is 10.3. The molecule has 1 aliphatic carbocycles. The highest BCUT2D eigenvalue weighted by atomic mass is 28.4. The first-order chi connectivity index (χ1) is 16.4. The summed E-state index contributed by atoms with van der Waals surface area (Å²) in [6.07, 6.45) is 6.37. The molecule has 0 radical (unpaired) electrons. The first-order valence-electron chi connectivity index (χ1n) is 13.4. The zero-order chi connectivity index (χ0) is 25.9. The van der Waals surface area contributed by atoms with Crippen molar-refractivity contribution < 1.29 is 9.59 Å². The lowest BCUT2D eigenvalue weighted by Crippen LogP contribution is -2.65. The van der Waals surface area contributed by atoms with E-state index >= 15 is 0 Å². The second-order valence-electron chi connectivity index (χ2n) is 12.3. The maximum absolute atomic E-state index is 12.6. The van der Waals surface area contributed by atoms with Crippen LogP contribution in [0.4, 0.5) is 0 Å². The summed E-state index contributed by atoms with van der Waals surface area (Å²) < 4.78 is 0. The van der Waals surface area contributed by atoms with Crippen molar-refractivity contribution in [3.8, 4) is 0 Å². The monoisotopic (exact) mass is 490 g/mol. The third-order valence-electron chi connectivity index (χ3n) is 9.06. The molecule has 0 unspecified atom stereocenters. The molecular weight excluding hydrogens is 444 g/mol. The van der Waals surface area contributed by atoms with Gasteiger partial charge in [0.1, 0.15) is 6.29 Å². The summed E-state index contributed by atoms with van der Waals surface area (Å²) in [5, 5.41) is 1.94. The van der Waals surface area contributed by atoms with Crippen LogP contribution in [0.3, 0.4) is 0 Å². The highest BCUT2D eigenvalue weighted by Crippen LogP contribution is 2.49. The lowest BCUT2D eigenvalue weighted by molar-refractivity contribution is -0.112. The number of benzene rings is 2. The van der Waals surface area contributed by atoms with Crippen molar-refractivity contribution in [2.45, 2.75) is 85.6 Å². The molecule has 0 heterocycles.